The van der Waals surface area contributed by atoms with Crippen LogP contribution >= 0.6 is 11.3 Å². The van der Waals surface area contributed by atoms with E-state index in [2.05, 4.69) is 30.3 Å². The van der Waals surface area contributed by atoms with E-state index in [1.54, 1.807) is 18.5 Å². The number of rotatable bonds is 10. The number of sulfonamides is 1. The molecule has 54 heavy (non-hydrogen) atoms. The van der Waals surface area contributed by atoms with Crippen molar-refractivity contribution in [3.8, 4) is 5.88 Å². The lowest BCUT2D eigenvalue weighted by molar-refractivity contribution is -0.141. The van der Waals surface area contributed by atoms with Gasteiger partial charge in [0.15, 0.2) is 5.82 Å². The minimum absolute atomic E-state index is 0.0159. The van der Waals surface area contributed by atoms with Gasteiger partial charge >= 0.3 is 0 Å². The first-order chi connectivity index (χ1) is 25.9. The van der Waals surface area contributed by atoms with Crippen LogP contribution in [0.3, 0.4) is 0 Å². The molecule has 3 N–H and O–H groups in total. The number of fused-ring (bicyclic) bond motifs is 3. The van der Waals surface area contributed by atoms with Gasteiger partial charge < -0.3 is 20.3 Å². The molecule has 2 aliphatic heterocycles. The van der Waals surface area contributed by atoms with Crippen LogP contribution in [0.1, 0.15) is 92.7 Å². The lowest BCUT2D eigenvalue weighted by Crippen LogP contribution is -2.58. The number of benzene rings is 1. The molecule has 290 valence electrons. The third kappa shape index (κ3) is 8.56. The van der Waals surface area contributed by atoms with Crippen LogP contribution in [-0.2, 0) is 30.8 Å². The largest absolute Gasteiger partial charge is 0.471 e. The van der Waals surface area contributed by atoms with Gasteiger partial charge in [0.1, 0.15) is 39.8 Å². The number of halogens is 1. The van der Waals surface area contributed by atoms with Crippen LogP contribution in [0.2, 0.25) is 0 Å². The normalized spacial score (nSPS) is 25.4. The Bertz CT molecular complexity index is 2060. The summed E-state index contributed by atoms with van der Waals surface area (Å²) in [5, 5.41) is 5.73. The topological polar surface area (TPSA) is 190 Å². The molecule has 1 saturated carbocycles. The SMILES string of the molecule is CCCCS(=O)(=O)NC(=O)[C@@]12CC1/C=C\CCCCC[C@H](NC(=O)c1scnc1C)C(=O)N1C[C@H](Oc3nc4c(F)cccc4nc3CC)C[C@H]1C(=O)N2. The summed E-state index contributed by atoms with van der Waals surface area (Å²) in [6.07, 6.45) is 7.62. The molecule has 14 nitrogen and oxygen atoms in total. The number of hydrogen-bond donors (Lipinski definition) is 3. The number of nitrogens with one attached hydrogen (secondary N) is 3. The lowest BCUT2D eigenvalue weighted by atomic mass is 10.0. The van der Waals surface area contributed by atoms with Gasteiger partial charge in [-0.25, -0.2) is 27.8 Å². The minimum atomic E-state index is -3.97. The molecule has 1 aromatic carbocycles. The average molecular weight is 784 g/mol. The van der Waals surface area contributed by atoms with Gasteiger partial charge in [-0.05, 0) is 57.6 Å². The van der Waals surface area contributed by atoms with Crippen LogP contribution < -0.4 is 20.1 Å². The van der Waals surface area contributed by atoms with Gasteiger partial charge in [-0.3, -0.25) is 23.9 Å². The van der Waals surface area contributed by atoms with Gasteiger partial charge in [0.2, 0.25) is 27.7 Å². The summed E-state index contributed by atoms with van der Waals surface area (Å²) in [7, 11) is -3.97. The number of carbonyl (C=O) groups is 4. The molecule has 4 heterocycles. The van der Waals surface area contributed by atoms with E-state index < -0.39 is 69.1 Å². The van der Waals surface area contributed by atoms with E-state index in [0.717, 1.165) is 24.2 Å². The zero-order chi connectivity index (χ0) is 38.6. The van der Waals surface area contributed by atoms with Gasteiger partial charge in [-0.2, -0.15) is 0 Å². The molecule has 2 aromatic heterocycles. The minimum Gasteiger partial charge on any atom is -0.471 e. The summed E-state index contributed by atoms with van der Waals surface area (Å²) in [5.74, 6) is -3.68. The van der Waals surface area contributed by atoms with Crippen molar-refractivity contribution in [1.82, 2.24) is 35.2 Å². The Morgan fingerprint density at radius 1 is 1.17 bits per heavy atom. The molecule has 4 amide bonds. The number of nitrogens with zero attached hydrogens (tertiary/aromatic N) is 4. The predicted octanol–water partition coefficient (Wildman–Crippen LogP) is 3.88. The number of amides is 4. The first kappa shape index (κ1) is 39.2. The zero-order valence-electron chi connectivity index (χ0n) is 30.6. The Hall–Kier alpha value is -4.51. The van der Waals surface area contributed by atoms with E-state index >= 15 is 0 Å². The Kier molecular flexibility index (Phi) is 12.0. The van der Waals surface area contributed by atoms with Crippen molar-refractivity contribution < 1.29 is 36.7 Å². The maximum absolute atomic E-state index is 14.8. The number of aromatic nitrogens is 3. The molecule has 0 bridgehead atoms. The van der Waals surface area contributed by atoms with Crippen LogP contribution in [0.5, 0.6) is 5.88 Å². The zero-order valence-corrected chi connectivity index (χ0v) is 32.2. The number of carbonyl (C=O) groups excluding carboxylic acids is 4. The van der Waals surface area contributed by atoms with Crippen LogP contribution in [0, 0.1) is 18.7 Å². The second-order valence-electron chi connectivity index (χ2n) is 14.2. The Morgan fingerprint density at radius 2 is 1.98 bits per heavy atom. The predicted molar refractivity (Wildman–Crippen MR) is 200 cm³/mol. The van der Waals surface area contributed by atoms with E-state index in [1.807, 2.05) is 26.0 Å². The Labute approximate surface area is 317 Å². The first-order valence-electron chi connectivity index (χ1n) is 18.5. The summed E-state index contributed by atoms with van der Waals surface area (Å²) in [5.41, 5.74) is 1.37. The number of allylic oxidation sites excluding steroid dienone is 1. The van der Waals surface area contributed by atoms with Gasteiger partial charge in [-0.15, -0.1) is 11.3 Å². The standard InChI is InChI=1S/C37H46FN7O7S2/c1-4-6-17-54(50,51)44-36(49)37-19-23(37)13-10-8-7-9-11-15-28(41-33(47)31-22(3)39-21-53-31)35(48)45-20-24(18-29(45)32(46)43-37)52-34-26(5-2)40-27-16-12-14-25(38)30(27)42-34/h10,12-14,16,21,23-24,28-29H,4-9,11,15,17-20H2,1-3H3,(H,41,47)(H,43,46)(H,44,49)/b13-10-/t23?,24-,28+,29+,37-/m1/s1. The molecule has 5 atom stereocenters. The van der Waals surface area contributed by atoms with Gasteiger partial charge in [0, 0.05) is 12.3 Å². The molecular weight excluding hydrogens is 738 g/mol. The second kappa shape index (κ2) is 16.5. The van der Waals surface area contributed by atoms with Crippen LogP contribution in [0.15, 0.2) is 35.9 Å². The molecule has 3 aromatic rings. The van der Waals surface area contributed by atoms with Gasteiger partial charge in [-0.1, -0.05) is 51.3 Å². The molecule has 1 unspecified atom stereocenters. The molecule has 6 rings (SSSR count). The molecule has 17 heteroatoms. The number of thiazole rings is 1. The third-order valence-corrected chi connectivity index (χ3v) is 12.5. The fraction of sp³-hybridized carbons (Fsp3) is 0.541. The maximum Gasteiger partial charge on any atom is 0.263 e. The number of ether oxygens (including phenoxy) is 1. The molecule has 3 aliphatic rings. The maximum atomic E-state index is 14.8. The Morgan fingerprint density at radius 3 is 2.72 bits per heavy atom. The van der Waals surface area contributed by atoms with E-state index in [9.17, 15) is 32.0 Å². The summed E-state index contributed by atoms with van der Waals surface area (Å²) in [6.45, 7) is 5.31. The van der Waals surface area contributed by atoms with E-state index in [0.29, 0.717) is 60.3 Å². The molecule has 0 radical (unpaired) electrons. The fourth-order valence-electron chi connectivity index (χ4n) is 7.07. The lowest BCUT2D eigenvalue weighted by Gasteiger charge is -2.30. The highest BCUT2D eigenvalue weighted by molar-refractivity contribution is 7.90. The molecule has 1 aliphatic carbocycles. The molecule has 2 fully saturated rings. The molecular formula is C37H46FN7O7S2. The van der Waals surface area contributed by atoms with Crippen molar-refractivity contribution in [2.24, 2.45) is 5.92 Å². The Balaban J connectivity index is 1.33. The number of unbranched alkanes of at least 4 members (excludes halogenated alkanes) is 1. The fourth-order valence-corrected chi connectivity index (χ4v) is 9.01. The van der Waals surface area contributed by atoms with E-state index in [4.69, 9.17) is 4.74 Å². The summed E-state index contributed by atoms with van der Waals surface area (Å²) in [6, 6.07) is 2.29. The summed E-state index contributed by atoms with van der Waals surface area (Å²) in [4.78, 5) is 70.9. The highest BCUT2D eigenvalue weighted by atomic mass is 32.2. The van der Waals surface area contributed by atoms with Crippen LogP contribution in [-0.4, -0.2) is 87.9 Å². The van der Waals surface area contributed by atoms with Crippen LogP contribution in [0.4, 0.5) is 4.39 Å². The van der Waals surface area contributed by atoms with E-state index in [1.165, 1.54) is 17.0 Å². The number of hydrogen-bond acceptors (Lipinski definition) is 11. The number of aryl methyl sites for hydroxylation is 2. The third-order valence-electron chi connectivity index (χ3n) is 10.2. The van der Waals surface area contributed by atoms with Crippen LogP contribution in [0.25, 0.3) is 11.0 Å². The van der Waals surface area contributed by atoms with Crippen molar-refractivity contribution in [3.63, 3.8) is 0 Å². The average Bonchev–Trinajstić information content (AvgIpc) is 3.41. The monoisotopic (exact) mass is 783 g/mol. The smallest absolute Gasteiger partial charge is 0.263 e. The highest BCUT2D eigenvalue weighted by Crippen LogP contribution is 2.46. The van der Waals surface area contributed by atoms with Gasteiger partial charge in [0.05, 0.1) is 29.0 Å². The quantitative estimate of drug-likeness (QED) is 0.255. The molecule has 1 saturated heterocycles. The van der Waals surface area contributed by atoms with Crippen molar-refractivity contribution >= 4 is 56.0 Å². The van der Waals surface area contributed by atoms with Crippen molar-refractivity contribution in [2.75, 3.05) is 12.3 Å². The van der Waals surface area contributed by atoms with Crippen molar-refractivity contribution in [2.45, 2.75) is 109 Å². The number of para-hydroxylation sites is 1. The molecule has 0 spiro atoms. The second-order valence-corrected chi connectivity index (χ2v) is 16.8. The summed E-state index contributed by atoms with van der Waals surface area (Å²) < 4.78 is 48.9. The highest BCUT2D eigenvalue weighted by Gasteiger charge is 2.61. The summed E-state index contributed by atoms with van der Waals surface area (Å²) >= 11 is 1.16. The first-order valence-corrected chi connectivity index (χ1v) is 21.1. The van der Waals surface area contributed by atoms with E-state index in [-0.39, 0.29) is 36.5 Å². The van der Waals surface area contributed by atoms with Crippen molar-refractivity contribution in [3.05, 3.63) is 57.9 Å². The van der Waals surface area contributed by atoms with Crippen molar-refractivity contribution in [1.29, 1.82) is 0 Å². The van der Waals surface area contributed by atoms with Gasteiger partial charge in [0.25, 0.3) is 11.8 Å².